The van der Waals surface area contributed by atoms with Crippen LogP contribution in [0.3, 0.4) is 0 Å². The van der Waals surface area contributed by atoms with E-state index in [9.17, 15) is 14.7 Å². The minimum absolute atomic E-state index is 0.00100. The van der Waals surface area contributed by atoms with E-state index in [1.807, 2.05) is 25.1 Å². The predicted octanol–water partition coefficient (Wildman–Crippen LogP) is 5.88. The monoisotopic (exact) mass is 562 g/mol. The van der Waals surface area contributed by atoms with Gasteiger partial charge in [-0.3, -0.25) is 4.79 Å². The second-order valence-corrected chi connectivity index (χ2v) is 9.38. The van der Waals surface area contributed by atoms with Crippen molar-refractivity contribution in [2.75, 3.05) is 27.9 Å². The Balaban J connectivity index is 1.65. The van der Waals surface area contributed by atoms with Crippen LogP contribution < -0.4 is 23.7 Å². The lowest BCUT2D eigenvalue weighted by atomic mass is 9.91. The fourth-order valence-electron chi connectivity index (χ4n) is 4.79. The summed E-state index contributed by atoms with van der Waals surface area (Å²) in [5, 5.41) is 9.92. The highest BCUT2D eigenvalue weighted by molar-refractivity contribution is 6.11. The number of ether oxygens (including phenoxy) is 6. The first kappa shape index (κ1) is 29.3. The van der Waals surface area contributed by atoms with Crippen molar-refractivity contribution in [3.05, 3.63) is 76.9 Å². The SMILES string of the molecule is C/C=C/c1cc(OC)c2c(c1)C(C)C(c1ccc(OC(C(=O)OCC)C(=O)c3ccc(O)c(OC)c3)c(OC)c1)O2. The summed E-state index contributed by atoms with van der Waals surface area (Å²) in [4.78, 5) is 26.2. The second-order valence-electron chi connectivity index (χ2n) is 9.38. The largest absolute Gasteiger partial charge is 0.504 e. The third-order valence-electron chi connectivity index (χ3n) is 6.84. The summed E-state index contributed by atoms with van der Waals surface area (Å²) in [7, 11) is 4.44. The van der Waals surface area contributed by atoms with Crippen LogP contribution in [0.5, 0.6) is 34.5 Å². The molecule has 0 fully saturated rings. The molecule has 1 N–H and O–H groups in total. The number of ketones is 1. The number of rotatable bonds is 11. The van der Waals surface area contributed by atoms with Gasteiger partial charge in [0.2, 0.25) is 5.78 Å². The molecule has 0 aliphatic carbocycles. The lowest BCUT2D eigenvalue weighted by molar-refractivity contribution is -0.149. The van der Waals surface area contributed by atoms with Crippen LogP contribution in [-0.2, 0) is 9.53 Å². The predicted molar refractivity (Wildman–Crippen MR) is 153 cm³/mol. The third kappa shape index (κ3) is 5.94. The van der Waals surface area contributed by atoms with Gasteiger partial charge >= 0.3 is 5.97 Å². The number of esters is 1. The van der Waals surface area contributed by atoms with Gasteiger partial charge in [-0.05, 0) is 67.4 Å². The molecule has 1 aliphatic heterocycles. The maximum atomic E-state index is 13.4. The summed E-state index contributed by atoms with van der Waals surface area (Å²) in [6.07, 6.45) is 2.02. The number of fused-ring (bicyclic) bond motifs is 1. The number of phenols is 1. The Morgan fingerprint density at radius 1 is 0.951 bits per heavy atom. The van der Waals surface area contributed by atoms with Crippen LogP contribution in [0.4, 0.5) is 0 Å². The summed E-state index contributed by atoms with van der Waals surface area (Å²) >= 11 is 0. The molecule has 9 nitrogen and oxygen atoms in total. The average molecular weight is 563 g/mol. The van der Waals surface area contributed by atoms with E-state index >= 15 is 0 Å². The standard InChI is InChI=1S/C32H34O9/c1-7-9-19-14-22-18(3)29(41-30(22)27(15-19)38-6)21-11-13-24(26(17-21)37-5)40-31(32(35)39-8-2)28(34)20-10-12-23(33)25(16-20)36-4/h7,9-18,29,31,33H,8H2,1-6H3/b9-7+. The zero-order chi connectivity index (χ0) is 29.7. The molecule has 216 valence electrons. The number of allylic oxidation sites excluding steroid dienone is 1. The lowest BCUT2D eigenvalue weighted by Crippen LogP contribution is -2.37. The van der Waals surface area contributed by atoms with Gasteiger partial charge in [0.05, 0.1) is 27.9 Å². The fourth-order valence-corrected chi connectivity index (χ4v) is 4.79. The number of carbonyl (C=O) groups is 2. The molecule has 0 aromatic heterocycles. The molecule has 0 amide bonds. The van der Waals surface area contributed by atoms with Crippen molar-refractivity contribution in [2.45, 2.75) is 38.9 Å². The number of methoxy groups -OCH3 is 3. The van der Waals surface area contributed by atoms with E-state index in [4.69, 9.17) is 28.4 Å². The minimum atomic E-state index is -1.62. The summed E-state index contributed by atoms with van der Waals surface area (Å²) in [5.74, 6) is 0.235. The number of hydrogen-bond donors (Lipinski definition) is 1. The highest BCUT2D eigenvalue weighted by Crippen LogP contribution is 2.51. The van der Waals surface area contributed by atoms with Crippen LogP contribution in [0, 0.1) is 0 Å². The number of phenolic OH excluding ortho intramolecular Hbond substituents is 1. The second kappa shape index (κ2) is 12.7. The van der Waals surface area contributed by atoms with Crippen molar-refractivity contribution in [1.29, 1.82) is 0 Å². The van der Waals surface area contributed by atoms with E-state index in [0.29, 0.717) is 17.2 Å². The Kier molecular flexibility index (Phi) is 9.07. The van der Waals surface area contributed by atoms with E-state index in [1.165, 1.54) is 32.4 Å². The van der Waals surface area contributed by atoms with Gasteiger partial charge in [-0.15, -0.1) is 0 Å². The smallest absolute Gasteiger partial charge is 0.355 e. The Morgan fingerprint density at radius 3 is 2.34 bits per heavy atom. The van der Waals surface area contributed by atoms with Gasteiger partial charge in [0.1, 0.15) is 6.10 Å². The van der Waals surface area contributed by atoms with Crippen LogP contribution in [0.1, 0.15) is 59.8 Å². The Hall–Kier alpha value is -4.66. The van der Waals surface area contributed by atoms with Crippen molar-refractivity contribution in [2.24, 2.45) is 0 Å². The zero-order valence-electron chi connectivity index (χ0n) is 23.9. The van der Waals surface area contributed by atoms with Crippen LogP contribution in [-0.4, -0.2) is 50.9 Å². The average Bonchev–Trinajstić information content (AvgIpc) is 3.31. The number of Topliss-reactive ketones (excluding diaryl/α,β-unsaturated/α-hetero) is 1. The molecule has 4 rings (SSSR count). The molecular weight excluding hydrogens is 528 g/mol. The third-order valence-corrected chi connectivity index (χ3v) is 6.84. The van der Waals surface area contributed by atoms with Crippen molar-refractivity contribution in [3.63, 3.8) is 0 Å². The Labute approximate surface area is 239 Å². The molecule has 9 heteroatoms. The molecule has 41 heavy (non-hydrogen) atoms. The minimum Gasteiger partial charge on any atom is -0.504 e. The normalized spacial score (nSPS) is 16.4. The molecule has 3 aromatic rings. The van der Waals surface area contributed by atoms with E-state index in [0.717, 1.165) is 16.7 Å². The molecule has 0 spiro atoms. The van der Waals surface area contributed by atoms with Crippen molar-refractivity contribution < 1.29 is 43.1 Å². The van der Waals surface area contributed by atoms with Gasteiger partial charge in [-0.25, -0.2) is 4.79 Å². The number of aromatic hydroxyl groups is 1. The summed E-state index contributed by atoms with van der Waals surface area (Å²) in [6, 6.07) is 13.2. The highest BCUT2D eigenvalue weighted by Gasteiger charge is 2.36. The Morgan fingerprint density at radius 2 is 1.68 bits per heavy atom. The maximum absolute atomic E-state index is 13.4. The molecule has 1 heterocycles. The molecule has 0 radical (unpaired) electrons. The van der Waals surface area contributed by atoms with Gasteiger partial charge in [0.25, 0.3) is 6.10 Å². The molecule has 0 saturated carbocycles. The van der Waals surface area contributed by atoms with Crippen LogP contribution in [0.25, 0.3) is 6.08 Å². The summed E-state index contributed by atoms with van der Waals surface area (Å²) in [5.41, 5.74) is 2.96. The number of hydrogen-bond acceptors (Lipinski definition) is 9. The first-order valence-corrected chi connectivity index (χ1v) is 13.2. The van der Waals surface area contributed by atoms with Gasteiger partial charge in [-0.2, -0.15) is 0 Å². The van der Waals surface area contributed by atoms with Gasteiger partial charge < -0.3 is 33.5 Å². The molecule has 3 atom stereocenters. The highest BCUT2D eigenvalue weighted by atomic mass is 16.6. The van der Waals surface area contributed by atoms with Gasteiger partial charge in [0.15, 0.2) is 34.5 Å². The maximum Gasteiger partial charge on any atom is 0.355 e. The lowest BCUT2D eigenvalue weighted by Gasteiger charge is -2.21. The molecule has 0 saturated heterocycles. The summed E-state index contributed by atoms with van der Waals surface area (Å²) in [6.45, 7) is 5.72. The first-order chi connectivity index (χ1) is 19.8. The van der Waals surface area contributed by atoms with Crippen LogP contribution in [0.15, 0.2) is 54.6 Å². The summed E-state index contributed by atoms with van der Waals surface area (Å²) < 4.78 is 33.8. The van der Waals surface area contributed by atoms with Crippen molar-refractivity contribution in [1.82, 2.24) is 0 Å². The number of carbonyl (C=O) groups excluding carboxylic acids is 2. The quantitative estimate of drug-likeness (QED) is 0.174. The van der Waals surface area contributed by atoms with Crippen molar-refractivity contribution in [3.8, 4) is 34.5 Å². The van der Waals surface area contributed by atoms with E-state index in [2.05, 4.69) is 13.0 Å². The van der Waals surface area contributed by atoms with E-state index in [1.54, 1.807) is 32.2 Å². The molecule has 3 aromatic carbocycles. The zero-order valence-corrected chi connectivity index (χ0v) is 23.9. The van der Waals surface area contributed by atoms with Crippen molar-refractivity contribution >= 4 is 17.8 Å². The van der Waals surface area contributed by atoms with E-state index < -0.39 is 17.9 Å². The number of benzene rings is 3. The van der Waals surface area contributed by atoms with Gasteiger partial charge in [-0.1, -0.05) is 25.1 Å². The van der Waals surface area contributed by atoms with Crippen LogP contribution in [0.2, 0.25) is 0 Å². The van der Waals surface area contributed by atoms with E-state index in [-0.39, 0.29) is 41.4 Å². The topological polar surface area (TPSA) is 110 Å². The fraction of sp³-hybridized carbons (Fsp3) is 0.312. The van der Waals surface area contributed by atoms with Gasteiger partial charge in [0, 0.05) is 17.0 Å². The molecule has 1 aliphatic rings. The molecular formula is C32H34O9. The Bertz CT molecular complexity index is 1460. The van der Waals surface area contributed by atoms with Crippen LogP contribution >= 0.6 is 0 Å². The molecule has 0 bridgehead atoms. The molecule has 3 unspecified atom stereocenters. The first-order valence-electron chi connectivity index (χ1n) is 13.2.